The predicted molar refractivity (Wildman–Crippen MR) is 153 cm³/mol. The van der Waals surface area contributed by atoms with Gasteiger partial charge in [0.05, 0.1) is 19.2 Å². The summed E-state index contributed by atoms with van der Waals surface area (Å²) in [5.41, 5.74) is 11.1. The Bertz CT molecular complexity index is 1010. The van der Waals surface area contributed by atoms with E-state index in [1.165, 1.54) is 11.8 Å². The molecule has 0 aliphatic carbocycles. The molecule has 1 aliphatic heterocycles. The Morgan fingerprint density at radius 2 is 1.53 bits per heavy atom. The van der Waals surface area contributed by atoms with Crippen LogP contribution >= 0.6 is 0 Å². The number of likely N-dealkylation sites (tertiary alicyclic amines) is 1. The lowest BCUT2D eigenvalue weighted by Crippen LogP contribution is -2.57. The number of nitrogens with one attached hydrogen (secondary N) is 5. The number of unbranched alkanes of at least 4 members (excludes halogenated alkanes) is 1. The standard InChI is InChI=1S/C26H46N8O9/c1-14(2)22(33-18(36)11-29-25(42)21(28)15(3)35)26(43)32-16(7-4-5-9-27)23(40)30-12-19(37)34-10-6-8-17(34)24(41)31-13-20(38)39/h14-17,21-22,35H,4-13,27-28H2,1-3H3,(H,29,42)(H,30,40)(H,31,41)(H,32,43)(H,33,36)(H,38,39)/t15-,16+,17+,21+,22+/m1/s1. The molecule has 1 fully saturated rings. The number of nitrogens with zero attached hydrogens (tertiary/aromatic N) is 1. The molecular formula is C26H46N8O9. The van der Waals surface area contributed by atoms with Crippen LogP contribution in [0.4, 0.5) is 0 Å². The lowest BCUT2D eigenvalue weighted by molar-refractivity contribution is -0.141. The first kappa shape index (κ1) is 37.2. The number of aliphatic hydroxyl groups is 1. The summed E-state index contributed by atoms with van der Waals surface area (Å²) in [4.78, 5) is 87.7. The minimum Gasteiger partial charge on any atom is -0.480 e. The van der Waals surface area contributed by atoms with Crippen LogP contribution in [0.1, 0.15) is 52.9 Å². The highest BCUT2D eigenvalue weighted by Gasteiger charge is 2.35. The number of carboxylic acids is 1. The summed E-state index contributed by atoms with van der Waals surface area (Å²) in [5, 5.41) is 30.4. The van der Waals surface area contributed by atoms with Crippen LogP contribution in [0.15, 0.2) is 0 Å². The van der Waals surface area contributed by atoms with Crippen molar-refractivity contribution in [3.05, 3.63) is 0 Å². The van der Waals surface area contributed by atoms with Crippen LogP contribution in [-0.4, -0.2) is 120 Å². The Kier molecular flexibility index (Phi) is 16.1. The van der Waals surface area contributed by atoms with E-state index in [-0.39, 0.29) is 13.0 Å². The Balaban J connectivity index is 2.82. The molecule has 17 heteroatoms. The minimum atomic E-state index is -1.23. The molecular weight excluding hydrogens is 568 g/mol. The van der Waals surface area contributed by atoms with E-state index in [1.807, 2.05) is 0 Å². The van der Waals surface area contributed by atoms with Crippen molar-refractivity contribution in [2.24, 2.45) is 17.4 Å². The first-order chi connectivity index (χ1) is 20.2. The molecule has 1 rings (SSSR count). The Morgan fingerprint density at radius 1 is 0.884 bits per heavy atom. The monoisotopic (exact) mass is 614 g/mol. The van der Waals surface area contributed by atoms with Gasteiger partial charge in [0.25, 0.3) is 0 Å². The number of carboxylic acid groups (broad SMARTS) is 1. The number of amides is 6. The van der Waals surface area contributed by atoms with Gasteiger partial charge < -0.3 is 53.2 Å². The minimum absolute atomic E-state index is 0.193. The van der Waals surface area contributed by atoms with Gasteiger partial charge in [-0.25, -0.2) is 0 Å². The predicted octanol–water partition coefficient (Wildman–Crippen LogP) is -4.13. The van der Waals surface area contributed by atoms with Crippen LogP contribution in [-0.2, 0) is 33.6 Å². The fraction of sp³-hybridized carbons (Fsp3) is 0.731. The third-order valence-corrected chi connectivity index (χ3v) is 6.79. The van der Waals surface area contributed by atoms with Crippen molar-refractivity contribution >= 4 is 41.4 Å². The van der Waals surface area contributed by atoms with E-state index in [0.717, 1.165) is 0 Å². The third kappa shape index (κ3) is 12.9. The van der Waals surface area contributed by atoms with Gasteiger partial charge in [-0.3, -0.25) is 33.6 Å². The van der Waals surface area contributed by atoms with Crippen LogP contribution in [0.3, 0.4) is 0 Å². The second-order valence-corrected chi connectivity index (χ2v) is 10.7. The normalized spacial score (nSPS) is 17.3. The third-order valence-electron chi connectivity index (χ3n) is 6.79. The largest absolute Gasteiger partial charge is 0.480 e. The maximum absolute atomic E-state index is 13.1. The molecule has 1 heterocycles. The molecule has 0 aromatic rings. The van der Waals surface area contributed by atoms with Gasteiger partial charge >= 0.3 is 5.97 Å². The van der Waals surface area contributed by atoms with E-state index in [4.69, 9.17) is 16.6 Å². The first-order valence-corrected chi connectivity index (χ1v) is 14.3. The summed E-state index contributed by atoms with van der Waals surface area (Å²) in [6, 6.07) is -4.23. The topological polar surface area (TPSA) is 275 Å². The van der Waals surface area contributed by atoms with Crippen molar-refractivity contribution in [2.75, 3.05) is 32.7 Å². The highest BCUT2D eigenvalue weighted by atomic mass is 16.4. The second kappa shape index (κ2) is 18.7. The number of hydrogen-bond donors (Lipinski definition) is 9. The maximum Gasteiger partial charge on any atom is 0.322 e. The van der Waals surface area contributed by atoms with Gasteiger partial charge in [-0.05, 0) is 51.5 Å². The first-order valence-electron chi connectivity index (χ1n) is 14.3. The van der Waals surface area contributed by atoms with Gasteiger partial charge in [0.2, 0.25) is 35.4 Å². The zero-order chi connectivity index (χ0) is 32.7. The molecule has 5 atom stereocenters. The number of aliphatic carboxylic acids is 1. The molecule has 0 bridgehead atoms. The second-order valence-electron chi connectivity index (χ2n) is 10.7. The highest BCUT2D eigenvalue weighted by molar-refractivity contribution is 5.95. The summed E-state index contributed by atoms with van der Waals surface area (Å²) >= 11 is 0. The molecule has 0 aromatic heterocycles. The molecule has 244 valence electrons. The molecule has 0 aromatic carbocycles. The van der Waals surface area contributed by atoms with E-state index in [0.29, 0.717) is 32.2 Å². The number of carbonyl (C=O) groups is 7. The summed E-state index contributed by atoms with van der Waals surface area (Å²) in [6.45, 7) is 3.76. The molecule has 0 unspecified atom stereocenters. The molecule has 0 spiro atoms. The molecule has 11 N–H and O–H groups in total. The van der Waals surface area contributed by atoms with Gasteiger partial charge in [-0.1, -0.05) is 13.8 Å². The Labute approximate surface area is 250 Å². The van der Waals surface area contributed by atoms with Crippen LogP contribution in [0, 0.1) is 5.92 Å². The molecule has 17 nitrogen and oxygen atoms in total. The van der Waals surface area contributed by atoms with Crippen molar-refractivity contribution in [3.8, 4) is 0 Å². The van der Waals surface area contributed by atoms with Crippen molar-refractivity contribution in [1.29, 1.82) is 0 Å². The van der Waals surface area contributed by atoms with Crippen LogP contribution < -0.4 is 38.1 Å². The molecule has 1 saturated heterocycles. The van der Waals surface area contributed by atoms with E-state index in [2.05, 4.69) is 26.6 Å². The number of nitrogens with two attached hydrogens (primary N) is 2. The van der Waals surface area contributed by atoms with Crippen molar-refractivity contribution < 1.29 is 43.8 Å². The number of rotatable bonds is 18. The molecule has 0 radical (unpaired) electrons. The van der Waals surface area contributed by atoms with Crippen LogP contribution in [0.5, 0.6) is 0 Å². The van der Waals surface area contributed by atoms with Gasteiger partial charge in [-0.15, -0.1) is 0 Å². The zero-order valence-electron chi connectivity index (χ0n) is 24.9. The molecule has 43 heavy (non-hydrogen) atoms. The van der Waals surface area contributed by atoms with Crippen LogP contribution in [0.2, 0.25) is 0 Å². The average Bonchev–Trinajstić information content (AvgIpc) is 3.45. The number of carbonyl (C=O) groups excluding carboxylic acids is 6. The Morgan fingerprint density at radius 3 is 2.12 bits per heavy atom. The number of aliphatic hydroxyl groups excluding tert-OH is 1. The van der Waals surface area contributed by atoms with E-state index < -0.39 is 97.2 Å². The maximum atomic E-state index is 13.1. The Hall–Kier alpha value is -3.83. The summed E-state index contributed by atoms with van der Waals surface area (Å²) < 4.78 is 0. The van der Waals surface area contributed by atoms with E-state index >= 15 is 0 Å². The van der Waals surface area contributed by atoms with Gasteiger partial charge in [0.1, 0.15) is 30.7 Å². The number of hydrogen-bond acceptors (Lipinski definition) is 10. The van der Waals surface area contributed by atoms with E-state index in [1.54, 1.807) is 13.8 Å². The fourth-order valence-electron chi connectivity index (χ4n) is 4.29. The smallest absolute Gasteiger partial charge is 0.322 e. The lowest BCUT2D eigenvalue weighted by Gasteiger charge is -2.26. The lowest BCUT2D eigenvalue weighted by atomic mass is 10.0. The van der Waals surface area contributed by atoms with E-state index in [9.17, 15) is 38.7 Å². The average molecular weight is 615 g/mol. The summed E-state index contributed by atoms with van der Waals surface area (Å²) in [6.07, 6.45) is 0.992. The molecule has 1 aliphatic rings. The quantitative estimate of drug-likeness (QED) is 0.0669. The van der Waals surface area contributed by atoms with Gasteiger partial charge in [-0.2, -0.15) is 0 Å². The molecule has 0 saturated carbocycles. The summed E-state index contributed by atoms with van der Waals surface area (Å²) in [5.74, 6) is -5.53. The molecule has 6 amide bonds. The van der Waals surface area contributed by atoms with Gasteiger partial charge in [0, 0.05) is 6.54 Å². The zero-order valence-corrected chi connectivity index (χ0v) is 24.9. The summed E-state index contributed by atoms with van der Waals surface area (Å²) in [7, 11) is 0. The SMILES string of the molecule is CC(C)[C@H](NC(=O)CNC(=O)[C@@H](N)[C@@H](C)O)C(=O)N[C@@H](CCCCN)C(=O)NCC(=O)N1CCC[C@H]1C(=O)NCC(=O)O. The van der Waals surface area contributed by atoms with Crippen molar-refractivity contribution in [3.63, 3.8) is 0 Å². The fourth-order valence-corrected chi connectivity index (χ4v) is 4.29. The van der Waals surface area contributed by atoms with Crippen LogP contribution in [0.25, 0.3) is 0 Å². The van der Waals surface area contributed by atoms with Crippen molar-refractivity contribution in [1.82, 2.24) is 31.5 Å². The highest BCUT2D eigenvalue weighted by Crippen LogP contribution is 2.17. The van der Waals surface area contributed by atoms with Gasteiger partial charge in [0.15, 0.2) is 0 Å². The van der Waals surface area contributed by atoms with Crippen molar-refractivity contribution in [2.45, 2.75) is 83.1 Å².